The maximum Gasteiger partial charge on any atom is 0.328 e. The fourth-order valence-electron chi connectivity index (χ4n) is 2.02. The van der Waals surface area contributed by atoms with Gasteiger partial charge < -0.3 is 10.0 Å². The number of carbonyl (C=O) groups is 1. The summed E-state index contributed by atoms with van der Waals surface area (Å²) in [6.07, 6.45) is 5.53. The van der Waals surface area contributed by atoms with E-state index in [1.807, 2.05) is 12.1 Å². The van der Waals surface area contributed by atoms with Crippen LogP contribution in [0.5, 0.6) is 0 Å². The van der Waals surface area contributed by atoms with Gasteiger partial charge in [0.05, 0.1) is 0 Å². The van der Waals surface area contributed by atoms with Crippen molar-refractivity contribution < 1.29 is 9.90 Å². The van der Waals surface area contributed by atoms with E-state index in [1.165, 1.54) is 24.9 Å². The SMILES string of the molecule is CN(Cc1ccc(/C=C/C(=O)O)cc1)CC1CC1. The fraction of sp³-hybridized carbons (Fsp3) is 0.400. The van der Waals surface area contributed by atoms with Crippen LogP contribution in [0, 0.1) is 5.92 Å². The first-order valence-corrected chi connectivity index (χ1v) is 6.32. The first kappa shape index (κ1) is 12.8. The van der Waals surface area contributed by atoms with E-state index in [9.17, 15) is 4.79 Å². The van der Waals surface area contributed by atoms with E-state index in [2.05, 4.69) is 24.1 Å². The Labute approximate surface area is 108 Å². The third kappa shape index (κ3) is 4.34. The highest BCUT2D eigenvalue weighted by Gasteiger charge is 2.22. The second-order valence-corrected chi connectivity index (χ2v) is 5.05. The average molecular weight is 245 g/mol. The summed E-state index contributed by atoms with van der Waals surface area (Å²) in [5, 5.41) is 8.54. The minimum Gasteiger partial charge on any atom is -0.478 e. The van der Waals surface area contributed by atoms with Crippen molar-refractivity contribution >= 4 is 12.0 Å². The summed E-state index contributed by atoms with van der Waals surface area (Å²) >= 11 is 0. The second-order valence-electron chi connectivity index (χ2n) is 5.05. The molecule has 0 saturated heterocycles. The maximum atomic E-state index is 10.4. The van der Waals surface area contributed by atoms with Crippen LogP contribution in [0.4, 0.5) is 0 Å². The molecule has 0 amide bonds. The number of benzene rings is 1. The number of nitrogens with zero attached hydrogens (tertiary/aromatic N) is 1. The summed E-state index contributed by atoms with van der Waals surface area (Å²) in [7, 11) is 2.15. The number of carboxylic acid groups (broad SMARTS) is 1. The summed E-state index contributed by atoms with van der Waals surface area (Å²) in [4.78, 5) is 12.7. The van der Waals surface area contributed by atoms with Gasteiger partial charge in [-0.2, -0.15) is 0 Å². The van der Waals surface area contributed by atoms with Crippen molar-refractivity contribution in [2.75, 3.05) is 13.6 Å². The van der Waals surface area contributed by atoms with Crippen LogP contribution in [-0.4, -0.2) is 29.6 Å². The zero-order valence-corrected chi connectivity index (χ0v) is 10.7. The molecule has 1 fully saturated rings. The standard InChI is InChI=1S/C15H19NO2/c1-16(11-14-6-7-14)10-13-4-2-12(3-5-13)8-9-15(17)18/h2-5,8-9,14H,6-7,10-11H2,1H3,(H,17,18)/b9-8+. The van der Waals surface area contributed by atoms with E-state index in [0.29, 0.717) is 0 Å². The van der Waals surface area contributed by atoms with Crippen molar-refractivity contribution in [3.63, 3.8) is 0 Å². The zero-order valence-electron chi connectivity index (χ0n) is 10.7. The molecule has 1 saturated carbocycles. The molecule has 0 aromatic heterocycles. The number of aliphatic carboxylic acids is 1. The highest BCUT2D eigenvalue weighted by Crippen LogP contribution is 2.29. The summed E-state index contributed by atoms with van der Waals surface area (Å²) in [6, 6.07) is 8.04. The van der Waals surface area contributed by atoms with Gasteiger partial charge in [-0.15, -0.1) is 0 Å². The molecule has 0 bridgehead atoms. The van der Waals surface area contributed by atoms with Crippen molar-refractivity contribution in [2.45, 2.75) is 19.4 Å². The quantitative estimate of drug-likeness (QED) is 0.783. The van der Waals surface area contributed by atoms with Crippen molar-refractivity contribution in [3.05, 3.63) is 41.5 Å². The summed E-state index contributed by atoms with van der Waals surface area (Å²) in [5.41, 5.74) is 2.19. The number of hydrogen-bond donors (Lipinski definition) is 1. The third-order valence-electron chi connectivity index (χ3n) is 3.12. The van der Waals surface area contributed by atoms with Crippen LogP contribution in [0.2, 0.25) is 0 Å². The van der Waals surface area contributed by atoms with Crippen LogP contribution in [-0.2, 0) is 11.3 Å². The molecule has 18 heavy (non-hydrogen) atoms. The van der Waals surface area contributed by atoms with Crippen molar-refractivity contribution in [3.8, 4) is 0 Å². The predicted octanol–water partition coefficient (Wildman–Crippen LogP) is 2.63. The lowest BCUT2D eigenvalue weighted by Gasteiger charge is -2.16. The minimum absolute atomic E-state index is 0.910. The van der Waals surface area contributed by atoms with E-state index >= 15 is 0 Å². The van der Waals surface area contributed by atoms with Crippen LogP contribution in [0.1, 0.15) is 24.0 Å². The van der Waals surface area contributed by atoms with Gasteiger partial charge in [-0.05, 0) is 43.0 Å². The van der Waals surface area contributed by atoms with E-state index in [4.69, 9.17) is 5.11 Å². The second kappa shape index (κ2) is 5.83. The molecule has 0 unspecified atom stereocenters. The Balaban J connectivity index is 1.88. The molecule has 1 aromatic rings. The molecule has 0 atom stereocenters. The van der Waals surface area contributed by atoms with Gasteiger partial charge >= 0.3 is 5.97 Å². The smallest absolute Gasteiger partial charge is 0.328 e. The number of carboxylic acids is 1. The molecule has 96 valence electrons. The van der Waals surface area contributed by atoms with Crippen molar-refractivity contribution in [1.29, 1.82) is 0 Å². The summed E-state index contributed by atoms with van der Waals surface area (Å²) in [6.45, 7) is 2.14. The molecular weight excluding hydrogens is 226 g/mol. The molecular formula is C15H19NO2. The molecule has 0 spiro atoms. The lowest BCUT2D eigenvalue weighted by molar-refractivity contribution is -0.131. The Morgan fingerprint density at radius 1 is 1.39 bits per heavy atom. The van der Waals surface area contributed by atoms with Crippen molar-refractivity contribution in [1.82, 2.24) is 4.90 Å². The minimum atomic E-state index is -0.914. The largest absolute Gasteiger partial charge is 0.478 e. The van der Waals surface area contributed by atoms with Gasteiger partial charge in [-0.3, -0.25) is 0 Å². The van der Waals surface area contributed by atoms with Gasteiger partial charge in [-0.25, -0.2) is 4.79 Å². The molecule has 3 heteroatoms. The van der Waals surface area contributed by atoms with Crippen LogP contribution < -0.4 is 0 Å². The fourth-order valence-corrected chi connectivity index (χ4v) is 2.02. The Hall–Kier alpha value is -1.61. The summed E-state index contributed by atoms with van der Waals surface area (Å²) in [5.74, 6) is -0.00369. The van der Waals surface area contributed by atoms with Gasteiger partial charge in [0.15, 0.2) is 0 Å². The third-order valence-corrected chi connectivity index (χ3v) is 3.12. The van der Waals surface area contributed by atoms with Gasteiger partial charge in [0, 0.05) is 19.2 Å². The van der Waals surface area contributed by atoms with Gasteiger partial charge in [0.1, 0.15) is 0 Å². The Morgan fingerprint density at radius 2 is 2.06 bits per heavy atom. The molecule has 3 nitrogen and oxygen atoms in total. The zero-order chi connectivity index (χ0) is 13.0. The van der Waals surface area contributed by atoms with Crippen LogP contribution in [0.15, 0.2) is 30.3 Å². The number of rotatable bonds is 6. The molecule has 0 aliphatic heterocycles. The Kier molecular flexibility index (Phi) is 4.15. The topological polar surface area (TPSA) is 40.5 Å². The molecule has 0 radical (unpaired) electrons. The highest BCUT2D eigenvalue weighted by molar-refractivity contribution is 5.85. The lowest BCUT2D eigenvalue weighted by Crippen LogP contribution is -2.20. The highest BCUT2D eigenvalue weighted by atomic mass is 16.4. The van der Waals surface area contributed by atoms with Gasteiger partial charge in [-0.1, -0.05) is 24.3 Å². The first-order chi connectivity index (χ1) is 8.63. The predicted molar refractivity (Wildman–Crippen MR) is 72.2 cm³/mol. The van der Waals surface area contributed by atoms with Gasteiger partial charge in [0.25, 0.3) is 0 Å². The monoisotopic (exact) mass is 245 g/mol. The molecule has 1 aliphatic rings. The normalized spacial score (nSPS) is 15.4. The molecule has 0 heterocycles. The Bertz CT molecular complexity index is 432. The van der Waals surface area contributed by atoms with E-state index in [1.54, 1.807) is 6.08 Å². The van der Waals surface area contributed by atoms with Gasteiger partial charge in [0.2, 0.25) is 0 Å². The number of hydrogen-bond acceptors (Lipinski definition) is 2. The lowest BCUT2D eigenvalue weighted by atomic mass is 10.1. The van der Waals surface area contributed by atoms with E-state index in [-0.39, 0.29) is 0 Å². The summed E-state index contributed by atoms with van der Waals surface area (Å²) < 4.78 is 0. The van der Waals surface area contributed by atoms with E-state index < -0.39 is 5.97 Å². The van der Waals surface area contributed by atoms with E-state index in [0.717, 1.165) is 24.1 Å². The van der Waals surface area contributed by atoms with Crippen LogP contribution in [0.3, 0.4) is 0 Å². The van der Waals surface area contributed by atoms with Crippen molar-refractivity contribution in [2.24, 2.45) is 5.92 Å². The molecule has 1 aromatic carbocycles. The molecule has 1 N–H and O–H groups in total. The first-order valence-electron chi connectivity index (χ1n) is 6.32. The van der Waals surface area contributed by atoms with Crippen LogP contribution >= 0.6 is 0 Å². The maximum absolute atomic E-state index is 10.4. The van der Waals surface area contributed by atoms with Crippen LogP contribution in [0.25, 0.3) is 6.08 Å². The average Bonchev–Trinajstić information content (AvgIpc) is 3.12. The molecule has 1 aliphatic carbocycles. The molecule has 2 rings (SSSR count). The Morgan fingerprint density at radius 3 is 2.61 bits per heavy atom.